The van der Waals surface area contributed by atoms with E-state index in [2.05, 4.69) is 40.2 Å². The van der Waals surface area contributed by atoms with Gasteiger partial charge in [0, 0.05) is 33.2 Å². The van der Waals surface area contributed by atoms with E-state index >= 15 is 0 Å². The summed E-state index contributed by atoms with van der Waals surface area (Å²) in [5.41, 5.74) is 0.234. The summed E-state index contributed by atoms with van der Waals surface area (Å²) in [7, 11) is 1.68. The van der Waals surface area contributed by atoms with Crippen LogP contribution in [0.4, 0.5) is 5.69 Å². The second-order valence-electron chi connectivity index (χ2n) is 5.80. The lowest BCUT2D eigenvalue weighted by Gasteiger charge is -2.26. The van der Waals surface area contributed by atoms with Crippen molar-refractivity contribution < 1.29 is 9.47 Å². The molecule has 118 valence electrons. The van der Waals surface area contributed by atoms with Gasteiger partial charge in [-0.25, -0.2) is 4.68 Å². The van der Waals surface area contributed by atoms with Crippen LogP contribution >= 0.6 is 15.9 Å². The molecule has 1 N–H and O–H groups in total. The summed E-state index contributed by atoms with van der Waals surface area (Å²) in [6, 6.07) is 0. The molecule has 1 aromatic rings. The quantitative estimate of drug-likeness (QED) is 0.839. The van der Waals surface area contributed by atoms with Gasteiger partial charge >= 0.3 is 0 Å². The highest BCUT2D eigenvalue weighted by Crippen LogP contribution is 2.24. The molecule has 1 fully saturated rings. The molecule has 1 aliphatic heterocycles. The van der Waals surface area contributed by atoms with Crippen LogP contribution < -0.4 is 10.9 Å². The number of ether oxygens (including phenoxy) is 2. The minimum atomic E-state index is -0.327. The van der Waals surface area contributed by atoms with Crippen LogP contribution in [0, 0.1) is 5.92 Å². The molecule has 1 unspecified atom stereocenters. The third kappa shape index (κ3) is 3.84. The first-order valence-corrected chi connectivity index (χ1v) is 7.89. The molecule has 0 amide bonds. The van der Waals surface area contributed by atoms with Gasteiger partial charge < -0.3 is 14.8 Å². The number of nitrogens with one attached hydrogen (secondary N) is 1. The summed E-state index contributed by atoms with van der Waals surface area (Å²) < 4.78 is 12.9. The Morgan fingerprint density at radius 1 is 1.62 bits per heavy atom. The fraction of sp³-hybridized carbons (Fsp3) is 0.714. The molecule has 0 aromatic carbocycles. The van der Waals surface area contributed by atoms with Gasteiger partial charge in [0.15, 0.2) is 0 Å². The predicted molar refractivity (Wildman–Crippen MR) is 84.7 cm³/mol. The van der Waals surface area contributed by atoms with Gasteiger partial charge in [-0.15, -0.1) is 0 Å². The van der Waals surface area contributed by atoms with E-state index < -0.39 is 0 Å². The zero-order valence-corrected chi connectivity index (χ0v) is 14.3. The summed E-state index contributed by atoms with van der Waals surface area (Å²) >= 11 is 3.36. The van der Waals surface area contributed by atoms with Crippen molar-refractivity contribution in [1.29, 1.82) is 0 Å². The lowest BCUT2D eigenvalue weighted by atomic mass is 10.0. The van der Waals surface area contributed by atoms with Gasteiger partial charge in [0.05, 0.1) is 18.5 Å². The Bertz CT molecular complexity index is 539. The number of anilines is 1. The van der Waals surface area contributed by atoms with Gasteiger partial charge in [-0.1, -0.05) is 13.8 Å². The summed E-state index contributed by atoms with van der Waals surface area (Å²) in [4.78, 5) is 12.2. The topological polar surface area (TPSA) is 65.4 Å². The molecule has 2 rings (SSSR count). The molecular formula is C14H22BrN3O3. The van der Waals surface area contributed by atoms with Crippen molar-refractivity contribution in [2.24, 2.45) is 5.92 Å². The predicted octanol–water partition coefficient (Wildman–Crippen LogP) is 1.88. The van der Waals surface area contributed by atoms with E-state index in [1.807, 2.05) is 0 Å². The average molecular weight is 360 g/mol. The molecule has 0 saturated carbocycles. The molecule has 2 heterocycles. The van der Waals surface area contributed by atoms with Gasteiger partial charge in [0.2, 0.25) is 0 Å². The van der Waals surface area contributed by atoms with Crippen molar-refractivity contribution in [1.82, 2.24) is 9.78 Å². The van der Waals surface area contributed by atoms with Gasteiger partial charge in [0.1, 0.15) is 10.1 Å². The van der Waals surface area contributed by atoms with Gasteiger partial charge in [-0.05, 0) is 21.8 Å². The fourth-order valence-electron chi connectivity index (χ4n) is 2.28. The molecule has 0 bridgehead atoms. The maximum atomic E-state index is 12.2. The summed E-state index contributed by atoms with van der Waals surface area (Å²) in [5.74, 6) is 0.369. The number of rotatable bonds is 6. The first-order valence-electron chi connectivity index (χ1n) is 7.10. The molecule has 1 aliphatic rings. The van der Waals surface area contributed by atoms with Crippen LogP contribution in [0.2, 0.25) is 0 Å². The van der Waals surface area contributed by atoms with Crippen LogP contribution in [0.15, 0.2) is 15.5 Å². The Morgan fingerprint density at radius 3 is 2.95 bits per heavy atom. The highest BCUT2D eigenvalue weighted by molar-refractivity contribution is 9.10. The number of aromatic nitrogens is 2. The largest absolute Gasteiger partial charge is 0.380 e. The van der Waals surface area contributed by atoms with E-state index in [-0.39, 0.29) is 11.2 Å². The average Bonchev–Trinajstić information content (AvgIpc) is 2.92. The second kappa shape index (κ2) is 6.89. The molecule has 21 heavy (non-hydrogen) atoms. The van der Waals surface area contributed by atoms with Crippen molar-refractivity contribution in [2.75, 3.05) is 32.2 Å². The Labute approximate surface area is 132 Å². The molecule has 6 nitrogen and oxygen atoms in total. The first-order chi connectivity index (χ1) is 9.97. The molecule has 0 spiro atoms. The van der Waals surface area contributed by atoms with Crippen molar-refractivity contribution in [2.45, 2.75) is 32.4 Å². The van der Waals surface area contributed by atoms with E-state index in [1.54, 1.807) is 13.3 Å². The first kappa shape index (κ1) is 16.5. The van der Waals surface area contributed by atoms with Gasteiger partial charge in [-0.3, -0.25) is 4.79 Å². The third-order valence-corrected chi connectivity index (χ3v) is 4.39. The lowest BCUT2D eigenvalue weighted by Crippen LogP contribution is -2.40. The van der Waals surface area contributed by atoms with E-state index in [0.717, 1.165) is 6.42 Å². The number of methoxy groups -OCH3 is 1. The lowest BCUT2D eigenvalue weighted by molar-refractivity contribution is -0.00621. The summed E-state index contributed by atoms with van der Waals surface area (Å²) in [6.07, 6.45) is 2.51. The van der Waals surface area contributed by atoms with Crippen LogP contribution in [0.3, 0.4) is 0 Å². The third-order valence-electron chi connectivity index (χ3n) is 3.62. The number of nitrogens with zero attached hydrogens (tertiary/aromatic N) is 2. The molecule has 0 aliphatic carbocycles. The number of hydrogen-bond donors (Lipinski definition) is 1. The van der Waals surface area contributed by atoms with E-state index in [1.165, 1.54) is 4.68 Å². The van der Waals surface area contributed by atoms with Crippen molar-refractivity contribution >= 4 is 21.6 Å². The molecule has 1 aromatic heterocycles. The number of halogens is 1. The van der Waals surface area contributed by atoms with Crippen molar-refractivity contribution in [3.63, 3.8) is 0 Å². The standard InChI is InChI=1S/C14H22BrN3O3/c1-10(2)7-18-13(19)12(15)11(6-17-18)16-8-14(20-3)4-5-21-9-14/h6,10,16H,4-5,7-9H2,1-3H3. The van der Waals surface area contributed by atoms with Crippen LogP contribution in [-0.4, -0.2) is 42.2 Å². The monoisotopic (exact) mass is 359 g/mol. The van der Waals surface area contributed by atoms with Crippen LogP contribution in [0.5, 0.6) is 0 Å². The van der Waals surface area contributed by atoms with Crippen LogP contribution in [-0.2, 0) is 16.0 Å². The molecule has 7 heteroatoms. The highest BCUT2D eigenvalue weighted by Gasteiger charge is 2.34. The Hall–Kier alpha value is -0.920. The van der Waals surface area contributed by atoms with Crippen molar-refractivity contribution in [3.05, 3.63) is 21.0 Å². The van der Waals surface area contributed by atoms with Crippen LogP contribution in [0.1, 0.15) is 20.3 Å². The summed E-state index contributed by atoms with van der Waals surface area (Å²) in [6.45, 7) is 6.55. The van der Waals surface area contributed by atoms with E-state index in [9.17, 15) is 4.79 Å². The van der Waals surface area contributed by atoms with Crippen LogP contribution in [0.25, 0.3) is 0 Å². The molecule has 1 saturated heterocycles. The maximum Gasteiger partial charge on any atom is 0.283 e. The smallest absolute Gasteiger partial charge is 0.283 e. The zero-order chi connectivity index (χ0) is 15.5. The van der Waals surface area contributed by atoms with Crippen molar-refractivity contribution in [3.8, 4) is 0 Å². The minimum absolute atomic E-state index is 0.122. The second-order valence-corrected chi connectivity index (χ2v) is 6.59. The molecule has 1 atom stereocenters. The highest BCUT2D eigenvalue weighted by atomic mass is 79.9. The maximum absolute atomic E-state index is 12.2. The SMILES string of the molecule is COC1(CNc2cnn(CC(C)C)c(=O)c2Br)CCOC1. The fourth-order valence-corrected chi connectivity index (χ4v) is 2.73. The molecule has 0 radical (unpaired) electrons. The van der Waals surface area contributed by atoms with Gasteiger partial charge in [-0.2, -0.15) is 5.10 Å². The normalized spacial score (nSPS) is 22.0. The van der Waals surface area contributed by atoms with E-state index in [4.69, 9.17) is 9.47 Å². The van der Waals surface area contributed by atoms with E-state index in [0.29, 0.717) is 42.4 Å². The summed E-state index contributed by atoms with van der Waals surface area (Å²) in [5, 5.41) is 7.45. The Morgan fingerprint density at radius 2 is 2.38 bits per heavy atom. The Balaban J connectivity index is 2.11. The Kier molecular flexibility index (Phi) is 5.40. The number of hydrogen-bond acceptors (Lipinski definition) is 5. The molecular weight excluding hydrogens is 338 g/mol. The minimum Gasteiger partial charge on any atom is -0.380 e. The van der Waals surface area contributed by atoms with Gasteiger partial charge in [0.25, 0.3) is 5.56 Å². The zero-order valence-electron chi connectivity index (χ0n) is 12.7.